The van der Waals surface area contributed by atoms with Gasteiger partial charge in [-0.1, -0.05) is 0 Å². The van der Waals surface area contributed by atoms with Crippen LogP contribution in [0.25, 0.3) is 0 Å². The summed E-state index contributed by atoms with van der Waals surface area (Å²) >= 11 is 0. The average molecular weight is 305 g/mol. The van der Waals surface area contributed by atoms with Crippen LogP contribution in [0, 0.1) is 0 Å². The summed E-state index contributed by atoms with van der Waals surface area (Å²) in [6, 6.07) is 0.665. The molecule has 3 heterocycles. The van der Waals surface area contributed by atoms with Gasteiger partial charge in [-0.05, 0) is 33.4 Å². The van der Waals surface area contributed by atoms with Gasteiger partial charge in [-0.2, -0.15) is 0 Å². The van der Waals surface area contributed by atoms with Crippen molar-refractivity contribution in [1.29, 1.82) is 0 Å². The van der Waals surface area contributed by atoms with Crippen LogP contribution in [0.1, 0.15) is 37.0 Å². The van der Waals surface area contributed by atoms with Crippen LogP contribution in [0.3, 0.4) is 0 Å². The van der Waals surface area contributed by atoms with E-state index in [9.17, 15) is 4.79 Å². The first-order chi connectivity index (χ1) is 10.6. The van der Waals surface area contributed by atoms with Crippen LogP contribution in [0.5, 0.6) is 0 Å². The van der Waals surface area contributed by atoms with E-state index in [0.717, 1.165) is 25.3 Å². The number of hydrogen-bond donors (Lipinski definition) is 1. The fraction of sp³-hybridized carbons (Fsp3) is 0.800. The van der Waals surface area contributed by atoms with Crippen molar-refractivity contribution in [3.8, 4) is 0 Å². The van der Waals surface area contributed by atoms with E-state index < -0.39 is 0 Å². The molecule has 3 atom stereocenters. The predicted molar refractivity (Wildman–Crippen MR) is 79.4 cm³/mol. The van der Waals surface area contributed by atoms with Crippen molar-refractivity contribution in [2.75, 3.05) is 27.2 Å². The molecule has 0 aromatic carbocycles. The van der Waals surface area contributed by atoms with Crippen molar-refractivity contribution in [3.63, 3.8) is 0 Å². The number of carbonyl (C=O) groups is 1. The second kappa shape index (κ2) is 5.31. The van der Waals surface area contributed by atoms with Gasteiger partial charge in [0.25, 0.3) is 0 Å². The number of rotatable bonds is 4. The number of piperazine rings is 1. The van der Waals surface area contributed by atoms with Gasteiger partial charge in [0.1, 0.15) is 0 Å². The summed E-state index contributed by atoms with van der Waals surface area (Å²) in [5.41, 5.74) is 0. The predicted octanol–water partition coefficient (Wildman–Crippen LogP) is -0.00760. The van der Waals surface area contributed by atoms with E-state index in [0.29, 0.717) is 24.4 Å². The number of fused-ring (bicyclic) bond motifs is 1. The highest BCUT2D eigenvalue weighted by Crippen LogP contribution is 2.39. The SMILES string of the molecule is CN(C)[C@H]1C[C@H]2C(=O)NC[C@@H](Cc3nnc(C4CC4)o3)N2C1. The van der Waals surface area contributed by atoms with Crippen molar-refractivity contribution in [1.82, 2.24) is 25.3 Å². The monoisotopic (exact) mass is 305 g/mol. The second-order valence-corrected chi connectivity index (χ2v) is 6.98. The van der Waals surface area contributed by atoms with Crippen LogP contribution in [0.4, 0.5) is 0 Å². The molecule has 1 aliphatic carbocycles. The lowest BCUT2D eigenvalue weighted by Crippen LogP contribution is -2.58. The molecule has 0 spiro atoms. The fourth-order valence-corrected chi connectivity index (χ4v) is 3.56. The third-order valence-electron chi connectivity index (χ3n) is 5.15. The summed E-state index contributed by atoms with van der Waals surface area (Å²) in [6.07, 6.45) is 3.95. The summed E-state index contributed by atoms with van der Waals surface area (Å²) in [6.45, 7) is 1.59. The van der Waals surface area contributed by atoms with Gasteiger partial charge >= 0.3 is 0 Å². The van der Waals surface area contributed by atoms with E-state index in [2.05, 4.69) is 39.4 Å². The molecule has 4 rings (SSSR count). The highest BCUT2D eigenvalue weighted by atomic mass is 16.4. The van der Waals surface area contributed by atoms with E-state index in [1.807, 2.05) is 0 Å². The molecule has 3 fully saturated rings. The van der Waals surface area contributed by atoms with Crippen molar-refractivity contribution in [2.24, 2.45) is 0 Å². The Balaban J connectivity index is 1.47. The van der Waals surface area contributed by atoms with Gasteiger partial charge in [0.05, 0.1) is 6.04 Å². The normalized spacial score (nSPS) is 32.3. The zero-order valence-electron chi connectivity index (χ0n) is 13.2. The number of nitrogens with zero attached hydrogens (tertiary/aromatic N) is 4. The molecule has 0 radical (unpaired) electrons. The standard InChI is InChI=1S/C15H23N5O2/c1-19(2)11-5-12-14(21)16-7-10(20(12)8-11)6-13-17-18-15(22-13)9-3-4-9/h9-12H,3-8H2,1-2H3,(H,16,21)/t10-,11+,12+/m1/s1. The van der Waals surface area contributed by atoms with E-state index >= 15 is 0 Å². The Morgan fingerprint density at radius 3 is 2.91 bits per heavy atom. The van der Waals surface area contributed by atoms with Crippen molar-refractivity contribution in [2.45, 2.75) is 49.7 Å². The number of aromatic nitrogens is 2. The van der Waals surface area contributed by atoms with Crippen LogP contribution in [-0.4, -0.2) is 71.2 Å². The van der Waals surface area contributed by atoms with Gasteiger partial charge in [-0.25, -0.2) is 0 Å². The molecule has 0 bridgehead atoms. The molecule has 22 heavy (non-hydrogen) atoms. The topological polar surface area (TPSA) is 74.5 Å². The van der Waals surface area contributed by atoms with Gasteiger partial charge in [-0.15, -0.1) is 10.2 Å². The zero-order valence-corrected chi connectivity index (χ0v) is 13.2. The lowest BCUT2D eigenvalue weighted by atomic mass is 10.1. The molecule has 2 aliphatic heterocycles. The number of carbonyl (C=O) groups excluding carboxylic acids is 1. The van der Waals surface area contributed by atoms with Crippen molar-refractivity contribution >= 4 is 5.91 Å². The zero-order chi connectivity index (χ0) is 15.3. The maximum Gasteiger partial charge on any atom is 0.237 e. The smallest absolute Gasteiger partial charge is 0.237 e. The first-order valence-corrected chi connectivity index (χ1v) is 8.14. The number of amides is 1. The van der Waals surface area contributed by atoms with Gasteiger partial charge < -0.3 is 14.6 Å². The van der Waals surface area contributed by atoms with Crippen LogP contribution < -0.4 is 5.32 Å². The molecule has 3 aliphatic rings. The molecule has 1 amide bonds. The molecule has 0 unspecified atom stereocenters. The minimum Gasteiger partial charge on any atom is -0.425 e. The third kappa shape index (κ3) is 2.52. The molecule has 7 heteroatoms. The van der Waals surface area contributed by atoms with Gasteiger partial charge in [-0.3, -0.25) is 9.69 Å². The van der Waals surface area contributed by atoms with Crippen molar-refractivity contribution < 1.29 is 9.21 Å². The molecule has 2 saturated heterocycles. The maximum absolute atomic E-state index is 12.1. The summed E-state index contributed by atoms with van der Waals surface area (Å²) in [7, 11) is 4.16. The summed E-state index contributed by atoms with van der Waals surface area (Å²) in [5.74, 6) is 2.14. The summed E-state index contributed by atoms with van der Waals surface area (Å²) < 4.78 is 5.79. The minimum absolute atomic E-state index is 0.0167. The third-order valence-corrected chi connectivity index (χ3v) is 5.15. The van der Waals surface area contributed by atoms with Crippen LogP contribution in [-0.2, 0) is 11.2 Å². The van der Waals surface area contributed by atoms with Crippen LogP contribution in [0.15, 0.2) is 4.42 Å². The number of nitrogens with one attached hydrogen (secondary N) is 1. The molecule has 1 saturated carbocycles. The Kier molecular flexibility index (Phi) is 3.41. The van der Waals surface area contributed by atoms with Crippen LogP contribution in [0.2, 0.25) is 0 Å². The summed E-state index contributed by atoms with van der Waals surface area (Å²) in [5, 5.41) is 11.4. The summed E-state index contributed by atoms with van der Waals surface area (Å²) in [4.78, 5) is 16.7. The van der Waals surface area contributed by atoms with Gasteiger partial charge in [0, 0.05) is 37.5 Å². The molecule has 120 valence electrons. The van der Waals surface area contributed by atoms with E-state index in [1.165, 1.54) is 12.8 Å². The van der Waals surface area contributed by atoms with E-state index in [-0.39, 0.29) is 18.0 Å². The largest absolute Gasteiger partial charge is 0.425 e. The second-order valence-electron chi connectivity index (χ2n) is 6.98. The number of hydrogen-bond acceptors (Lipinski definition) is 6. The first-order valence-electron chi connectivity index (χ1n) is 8.14. The molecule has 7 nitrogen and oxygen atoms in total. The molecule has 1 N–H and O–H groups in total. The highest BCUT2D eigenvalue weighted by Gasteiger charge is 2.44. The average Bonchev–Trinajstić information content (AvgIpc) is 3.06. The molecule has 1 aromatic heterocycles. The highest BCUT2D eigenvalue weighted by molar-refractivity contribution is 5.83. The van der Waals surface area contributed by atoms with E-state index in [4.69, 9.17) is 4.42 Å². The Morgan fingerprint density at radius 2 is 2.18 bits per heavy atom. The molecular formula is C15H23N5O2. The number of likely N-dealkylation sites (N-methyl/N-ethyl adjacent to an activating group) is 1. The van der Waals surface area contributed by atoms with E-state index in [1.54, 1.807) is 0 Å². The van der Waals surface area contributed by atoms with Gasteiger partial charge in [0.2, 0.25) is 17.7 Å². The lowest BCUT2D eigenvalue weighted by molar-refractivity contribution is -0.129. The van der Waals surface area contributed by atoms with Gasteiger partial charge in [0.15, 0.2) is 0 Å². The molecular weight excluding hydrogens is 282 g/mol. The Labute approximate surface area is 130 Å². The Hall–Kier alpha value is -1.47. The minimum atomic E-state index is -0.0167. The van der Waals surface area contributed by atoms with Crippen LogP contribution >= 0.6 is 0 Å². The quantitative estimate of drug-likeness (QED) is 0.843. The first kappa shape index (κ1) is 14.1. The molecule has 1 aromatic rings. The Bertz CT molecular complexity index is 568. The lowest BCUT2D eigenvalue weighted by Gasteiger charge is -2.36. The maximum atomic E-state index is 12.1. The van der Waals surface area contributed by atoms with Crippen molar-refractivity contribution in [3.05, 3.63) is 11.8 Å². The Morgan fingerprint density at radius 1 is 1.36 bits per heavy atom. The fourth-order valence-electron chi connectivity index (χ4n) is 3.56.